The summed E-state index contributed by atoms with van der Waals surface area (Å²) >= 11 is 1.62. The van der Waals surface area contributed by atoms with Crippen LogP contribution >= 0.6 is 11.3 Å². The molecule has 0 aliphatic carbocycles. The van der Waals surface area contributed by atoms with Gasteiger partial charge in [-0.3, -0.25) is 0 Å². The lowest BCUT2D eigenvalue weighted by molar-refractivity contribution is 0.0380. The molecule has 0 amide bonds. The lowest BCUT2D eigenvalue weighted by Crippen LogP contribution is -2.12. The van der Waals surface area contributed by atoms with Crippen molar-refractivity contribution in [1.29, 1.82) is 0 Å². The molecule has 2 aromatic rings. The Labute approximate surface area is 126 Å². The van der Waals surface area contributed by atoms with Gasteiger partial charge in [0.15, 0.2) is 5.69 Å². The lowest BCUT2D eigenvalue weighted by atomic mass is 10.3. The van der Waals surface area contributed by atoms with Crippen LogP contribution in [0.3, 0.4) is 0 Å². The van der Waals surface area contributed by atoms with Gasteiger partial charge in [-0.05, 0) is 13.3 Å². The third-order valence-electron chi connectivity index (χ3n) is 2.91. The van der Waals surface area contributed by atoms with Crippen molar-refractivity contribution < 1.29 is 14.3 Å². The standard InChI is InChI=1S/C13H18N4O3S/c1-4-11-14-10(8-21-11)7-17-9(2)12(15-16-17)13(18)20-6-5-19-3/h8H,4-7H2,1-3H3. The highest BCUT2D eigenvalue weighted by molar-refractivity contribution is 7.09. The molecule has 2 aromatic heterocycles. The molecule has 114 valence electrons. The summed E-state index contributed by atoms with van der Waals surface area (Å²) in [7, 11) is 1.55. The Hall–Kier alpha value is -1.80. The predicted octanol–water partition coefficient (Wildman–Crippen LogP) is 1.46. The van der Waals surface area contributed by atoms with Gasteiger partial charge >= 0.3 is 5.97 Å². The molecule has 0 aliphatic heterocycles. The smallest absolute Gasteiger partial charge is 0.360 e. The number of rotatable bonds is 7. The number of hydrogen-bond acceptors (Lipinski definition) is 7. The minimum absolute atomic E-state index is 0.202. The van der Waals surface area contributed by atoms with Crippen LogP contribution in [0.5, 0.6) is 0 Å². The largest absolute Gasteiger partial charge is 0.458 e. The zero-order valence-electron chi connectivity index (χ0n) is 12.3. The lowest BCUT2D eigenvalue weighted by Gasteiger charge is -2.03. The molecule has 0 N–H and O–H groups in total. The number of aryl methyl sites for hydroxylation is 1. The van der Waals surface area contributed by atoms with E-state index >= 15 is 0 Å². The molecule has 2 heterocycles. The van der Waals surface area contributed by atoms with E-state index in [0.717, 1.165) is 17.1 Å². The summed E-state index contributed by atoms with van der Waals surface area (Å²) in [6.07, 6.45) is 0.915. The zero-order chi connectivity index (χ0) is 15.2. The molecule has 7 nitrogen and oxygen atoms in total. The molecule has 8 heteroatoms. The topological polar surface area (TPSA) is 79.1 Å². The average Bonchev–Trinajstić information content (AvgIpc) is 3.07. The number of carbonyl (C=O) groups is 1. The molecule has 0 aliphatic rings. The molecule has 0 unspecified atom stereocenters. The van der Waals surface area contributed by atoms with E-state index in [0.29, 0.717) is 18.8 Å². The van der Waals surface area contributed by atoms with Crippen LogP contribution in [-0.4, -0.2) is 46.3 Å². The van der Waals surface area contributed by atoms with E-state index in [4.69, 9.17) is 9.47 Å². The number of carbonyl (C=O) groups excluding carboxylic acids is 1. The Morgan fingerprint density at radius 2 is 2.24 bits per heavy atom. The fraction of sp³-hybridized carbons (Fsp3) is 0.538. The third-order valence-corrected chi connectivity index (χ3v) is 3.95. The first kappa shape index (κ1) is 15.6. The number of aromatic nitrogens is 4. The van der Waals surface area contributed by atoms with Gasteiger partial charge in [-0.25, -0.2) is 14.5 Å². The first-order valence-corrected chi connectivity index (χ1v) is 7.53. The number of ether oxygens (including phenoxy) is 2. The van der Waals surface area contributed by atoms with Crippen LogP contribution in [0, 0.1) is 6.92 Å². The number of methoxy groups -OCH3 is 1. The van der Waals surface area contributed by atoms with E-state index < -0.39 is 5.97 Å². The third kappa shape index (κ3) is 3.85. The second-order valence-corrected chi connectivity index (χ2v) is 5.34. The fourth-order valence-corrected chi connectivity index (χ4v) is 2.46. The van der Waals surface area contributed by atoms with Gasteiger partial charge in [0, 0.05) is 12.5 Å². The molecule has 0 fully saturated rings. The summed E-state index contributed by atoms with van der Waals surface area (Å²) in [5, 5.41) is 11.0. The molecule has 0 bridgehead atoms. The van der Waals surface area contributed by atoms with Crippen LogP contribution in [0.15, 0.2) is 5.38 Å². The van der Waals surface area contributed by atoms with Crippen LogP contribution in [0.1, 0.15) is 33.8 Å². The summed E-state index contributed by atoms with van der Waals surface area (Å²) in [5.41, 5.74) is 1.82. The molecule has 2 rings (SSSR count). The predicted molar refractivity (Wildman–Crippen MR) is 77.5 cm³/mol. The number of hydrogen-bond donors (Lipinski definition) is 0. The van der Waals surface area contributed by atoms with Crippen molar-refractivity contribution in [2.45, 2.75) is 26.8 Å². The Balaban J connectivity index is 2.04. The van der Waals surface area contributed by atoms with Gasteiger partial charge in [0.2, 0.25) is 0 Å². The van der Waals surface area contributed by atoms with E-state index in [1.54, 1.807) is 30.1 Å². The highest BCUT2D eigenvalue weighted by atomic mass is 32.1. The Morgan fingerprint density at radius 1 is 1.43 bits per heavy atom. The Bertz CT molecular complexity index is 608. The van der Waals surface area contributed by atoms with Crippen molar-refractivity contribution in [2.75, 3.05) is 20.3 Å². The summed E-state index contributed by atoms with van der Waals surface area (Å²) in [4.78, 5) is 16.3. The fourth-order valence-electron chi connectivity index (χ4n) is 1.72. The maximum Gasteiger partial charge on any atom is 0.360 e. The van der Waals surface area contributed by atoms with Gasteiger partial charge in [0.25, 0.3) is 0 Å². The zero-order valence-corrected chi connectivity index (χ0v) is 13.1. The molecule has 0 saturated carbocycles. The van der Waals surface area contributed by atoms with Crippen molar-refractivity contribution in [3.8, 4) is 0 Å². The number of nitrogens with zero attached hydrogens (tertiary/aromatic N) is 4. The Morgan fingerprint density at radius 3 is 2.90 bits per heavy atom. The molecular weight excluding hydrogens is 292 g/mol. The summed E-state index contributed by atoms with van der Waals surface area (Å²) in [6.45, 7) is 4.92. The van der Waals surface area contributed by atoms with Crippen molar-refractivity contribution in [1.82, 2.24) is 20.0 Å². The first-order valence-electron chi connectivity index (χ1n) is 6.65. The maximum atomic E-state index is 11.8. The molecular formula is C13H18N4O3S. The Kier molecular flexibility index (Phi) is 5.40. The van der Waals surface area contributed by atoms with Crippen molar-refractivity contribution in [3.63, 3.8) is 0 Å². The number of thiazole rings is 1. The number of esters is 1. The van der Waals surface area contributed by atoms with Gasteiger partial charge in [-0.1, -0.05) is 12.1 Å². The van der Waals surface area contributed by atoms with Gasteiger partial charge < -0.3 is 9.47 Å². The second-order valence-electron chi connectivity index (χ2n) is 4.40. The van der Waals surface area contributed by atoms with E-state index in [1.165, 1.54) is 0 Å². The van der Waals surface area contributed by atoms with Crippen molar-refractivity contribution >= 4 is 17.3 Å². The van der Waals surface area contributed by atoms with Gasteiger partial charge in [0.1, 0.15) is 6.61 Å². The molecule has 0 radical (unpaired) electrons. The van der Waals surface area contributed by atoms with Gasteiger partial charge in [-0.15, -0.1) is 16.4 Å². The van der Waals surface area contributed by atoms with Crippen LogP contribution in [0.25, 0.3) is 0 Å². The SMILES string of the molecule is CCc1nc(Cn2nnc(C(=O)OCCOC)c2C)cs1. The summed E-state index contributed by atoms with van der Waals surface area (Å²) in [5.74, 6) is -0.483. The molecule has 0 spiro atoms. The molecule has 0 saturated heterocycles. The summed E-state index contributed by atoms with van der Waals surface area (Å²) < 4.78 is 11.5. The average molecular weight is 310 g/mol. The molecule has 0 atom stereocenters. The van der Waals surface area contributed by atoms with Crippen molar-refractivity contribution in [2.24, 2.45) is 0 Å². The van der Waals surface area contributed by atoms with Crippen LogP contribution in [0.2, 0.25) is 0 Å². The minimum Gasteiger partial charge on any atom is -0.458 e. The van der Waals surface area contributed by atoms with Crippen molar-refractivity contribution in [3.05, 3.63) is 27.5 Å². The van der Waals surface area contributed by atoms with Crippen LogP contribution < -0.4 is 0 Å². The van der Waals surface area contributed by atoms with E-state index in [9.17, 15) is 4.79 Å². The quantitative estimate of drug-likeness (QED) is 0.569. The normalized spacial score (nSPS) is 10.8. The van der Waals surface area contributed by atoms with E-state index in [1.807, 2.05) is 5.38 Å². The highest BCUT2D eigenvalue weighted by Crippen LogP contribution is 2.13. The van der Waals surface area contributed by atoms with E-state index in [-0.39, 0.29) is 12.3 Å². The maximum absolute atomic E-state index is 11.8. The van der Waals surface area contributed by atoms with Gasteiger partial charge in [0.05, 0.1) is 29.5 Å². The van der Waals surface area contributed by atoms with E-state index in [2.05, 4.69) is 22.2 Å². The highest BCUT2D eigenvalue weighted by Gasteiger charge is 2.18. The summed E-state index contributed by atoms with van der Waals surface area (Å²) in [6, 6.07) is 0. The van der Waals surface area contributed by atoms with Crippen LogP contribution in [0.4, 0.5) is 0 Å². The van der Waals surface area contributed by atoms with Crippen LogP contribution in [-0.2, 0) is 22.4 Å². The second kappa shape index (κ2) is 7.28. The first-order chi connectivity index (χ1) is 10.2. The van der Waals surface area contributed by atoms with Gasteiger partial charge in [-0.2, -0.15) is 0 Å². The molecule has 21 heavy (non-hydrogen) atoms. The molecule has 0 aromatic carbocycles. The minimum atomic E-state index is -0.483. The monoisotopic (exact) mass is 310 g/mol.